The molecule has 0 saturated heterocycles. The largest absolute Gasteiger partial charge is 0.368 e. The van der Waals surface area contributed by atoms with Crippen LogP contribution in [0.2, 0.25) is 0 Å². The minimum Gasteiger partial charge on any atom is -0.368 e. The lowest BCUT2D eigenvalue weighted by atomic mass is 9.92. The van der Waals surface area contributed by atoms with Crippen LogP contribution in [0.4, 0.5) is 0 Å². The lowest BCUT2D eigenvalue weighted by Gasteiger charge is -2.31. The average molecular weight is 435 g/mol. The fourth-order valence-electron chi connectivity index (χ4n) is 7.09. The third-order valence-electron chi connectivity index (χ3n) is 8.35. The zero-order valence-corrected chi connectivity index (χ0v) is 17.8. The van der Waals surface area contributed by atoms with E-state index in [0.717, 1.165) is 54.7 Å². The van der Waals surface area contributed by atoms with Gasteiger partial charge in [0.2, 0.25) is 5.91 Å². The summed E-state index contributed by atoms with van der Waals surface area (Å²) in [5.41, 5.74) is 17.7. The van der Waals surface area contributed by atoms with Crippen LogP contribution in [0, 0.1) is 0 Å². The van der Waals surface area contributed by atoms with Gasteiger partial charge >= 0.3 is 0 Å². The van der Waals surface area contributed by atoms with Crippen molar-refractivity contribution in [1.82, 2.24) is 14.5 Å². The first-order chi connectivity index (χ1) is 16.0. The standard InChI is InChI=1S/C26H21N5O2/c27-25(33)26(28)10-12-9-18(26)31-17-8-4-1-5-13(17)19-15-11-29-24(32)21(15)20-14-6-2-3-7-16(14)30(12)23(20)22(19)31/h1-8,12,18H,9-11,28H2,(H2,27,33)(H,29,32)/t12-,18+,26-/m1/s1. The molecule has 0 unspecified atom stereocenters. The number of hydrogen-bond donors (Lipinski definition) is 3. The molecule has 1 fully saturated rings. The van der Waals surface area contributed by atoms with E-state index in [1.807, 2.05) is 24.3 Å². The summed E-state index contributed by atoms with van der Waals surface area (Å²) in [5.74, 6) is -0.485. The highest BCUT2D eigenvalue weighted by Crippen LogP contribution is 2.55. The van der Waals surface area contributed by atoms with Crippen molar-refractivity contribution in [1.29, 1.82) is 0 Å². The second-order valence-corrected chi connectivity index (χ2v) is 9.77. The van der Waals surface area contributed by atoms with E-state index in [4.69, 9.17) is 11.5 Å². The van der Waals surface area contributed by atoms with Gasteiger partial charge in [0.15, 0.2) is 0 Å². The minimum atomic E-state index is -1.15. The number of hydrogen-bond acceptors (Lipinski definition) is 3. The smallest absolute Gasteiger partial charge is 0.252 e. The summed E-state index contributed by atoms with van der Waals surface area (Å²) >= 11 is 0. The molecule has 1 aliphatic carbocycles. The minimum absolute atomic E-state index is 0.0132. The summed E-state index contributed by atoms with van der Waals surface area (Å²) in [5, 5.41) is 7.29. The van der Waals surface area contributed by atoms with E-state index >= 15 is 0 Å². The van der Waals surface area contributed by atoms with Crippen LogP contribution >= 0.6 is 0 Å². The summed E-state index contributed by atoms with van der Waals surface area (Å²) in [6, 6.07) is 16.2. The van der Waals surface area contributed by atoms with Gasteiger partial charge in [0.1, 0.15) is 5.54 Å². The van der Waals surface area contributed by atoms with E-state index in [1.165, 1.54) is 0 Å². The maximum Gasteiger partial charge on any atom is 0.252 e. The Bertz CT molecular complexity index is 1760. The second-order valence-electron chi connectivity index (χ2n) is 9.77. The molecule has 3 aromatic carbocycles. The number of amides is 2. The lowest BCUT2D eigenvalue weighted by molar-refractivity contribution is -0.124. The fourth-order valence-corrected chi connectivity index (χ4v) is 7.09. The van der Waals surface area contributed by atoms with Gasteiger partial charge < -0.3 is 25.9 Å². The molecule has 2 aromatic heterocycles. The van der Waals surface area contributed by atoms with Gasteiger partial charge in [-0.2, -0.15) is 0 Å². The molecule has 8 rings (SSSR count). The number of para-hydroxylation sites is 2. The van der Waals surface area contributed by atoms with Gasteiger partial charge in [-0.1, -0.05) is 36.4 Å². The van der Waals surface area contributed by atoms with Crippen LogP contribution in [0.1, 0.15) is 40.8 Å². The van der Waals surface area contributed by atoms with Crippen molar-refractivity contribution in [3.05, 3.63) is 59.7 Å². The first-order valence-electron chi connectivity index (χ1n) is 11.4. The highest BCUT2D eigenvalue weighted by molar-refractivity contribution is 6.31. The quantitative estimate of drug-likeness (QED) is 0.376. The number of fused-ring (bicyclic) bond motifs is 13. The molecule has 5 N–H and O–H groups in total. The molecule has 0 spiro atoms. The Kier molecular flexibility index (Phi) is 2.88. The molecule has 33 heavy (non-hydrogen) atoms. The van der Waals surface area contributed by atoms with E-state index in [2.05, 4.69) is 38.7 Å². The van der Waals surface area contributed by atoms with Gasteiger partial charge in [0, 0.05) is 45.2 Å². The molecule has 2 aliphatic heterocycles. The van der Waals surface area contributed by atoms with Crippen LogP contribution in [-0.4, -0.2) is 26.5 Å². The molecule has 3 atom stereocenters. The normalized spacial score (nSPS) is 25.4. The molecule has 0 radical (unpaired) electrons. The first kappa shape index (κ1) is 17.7. The van der Waals surface area contributed by atoms with Crippen molar-refractivity contribution in [3.8, 4) is 0 Å². The monoisotopic (exact) mass is 435 g/mol. The summed E-state index contributed by atoms with van der Waals surface area (Å²) in [7, 11) is 0. The van der Waals surface area contributed by atoms with Gasteiger partial charge in [-0.3, -0.25) is 9.59 Å². The topological polar surface area (TPSA) is 108 Å². The zero-order chi connectivity index (χ0) is 22.2. The van der Waals surface area contributed by atoms with Crippen LogP contribution < -0.4 is 16.8 Å². The molecular formula is C26H21N5O2. The van der Waals surface area contributed by atoms with E-state index in [0.29, 0.717) is 19.4 Å². The fraction of sp³-hybridized carbons (Fsp3) is 0.231. The molecule has 2 amide bonds. The third-order valence-corrected chi connectivity index (χ3v) is 8.35. The Morgan fingerprint density at radius 1 is 0.970 bits per heavy atom. The molecule has 7 nitrogen and oxygen atoms in total. The maximum atomic E-state index is 13.2. The Morgan fingerprint density at radius 3 is 2.33 bits per heavy atom. The van der Waals surface area contributed by atoms with Crippen LogP contribution in [0.25, 0.3) is 43.6 Å². The van der Waals surface area contributed by atoms with Crippen LogP contribution in [0.5, 0.6) is 0 Å². The predicted molar refractivity (Wildman–Crippen MR) is 127 cm³/mol. The van der Waals surface area contributed by atoms with Crippen molar-refractivity contribution < 1.29 is 9.59 Å². The molecule has 4 heterocycles. The van der Waals surface area contributed by atoms with Crippen molar-refractivity contribution >= 4 is 55.4 Å². The Balaban J connectivity index is 1.75. The highest BCUT2D eigenvalue weighted by atomic mass is 16.2. The molecular weight excluding hydrogens is 414 g/mol. The molecule has 2 bridgehead atoms. The number of nitrogens with zero attached hydrogens (tertiary/aromatic N) is 2. The van der Waals surface area contributed by atoms with Gasteiger partial charge in [0.25, 0.3) is 5.91 Å². The summed E-state index contributed by atoms with van der Waals surface area (Å²) < 4.78 is 4.61. The maximum absolute atomic E-state index is 13.2. The average Bonchev–Trinajstić information content (AvgIpc) is 3.51. The van der Waals surface area contributed by atoms with Gasteiger partial charge in [-0.15, -0.1) is 0 Å². The summed E-state index contributed by atoms with van der Waals surface area (Å²) in [6.07, 6.45) is 1.18. The van der Waals surface area contributed by atoms with E-state index in [9.17, 15) is 9.59 Å². The molecule has 162 valence electrons. The molecule has 3 aliphatic rings. The lowest BCUT2D eigenvalue weighted by Crippen LogP contribution is -2.55. The number of primary amides is 1. The first-order valence-corrected chi connectivity index (χ1v) is 11.4. The van der Waals surface area contributed by atoms with Crippen LogP contribution in [0.15, 0.2) is 48.5 Å². The van der Waals surface area contributed by atoms with E-state index in [1.54, 1.807) is 0 Å². The van der Waals surface area contributed by atoms with Crippen molar-refractivity contribution in [3.63, 3.8) is 0 Å². The van der Waals surface area contributed by atoms with Gasteiger partial charge in [-0.05, 0) is 30.5 Å². The van der Waals surface area contributed by atoms with Crippen LogP contribution in [-0.2, 0) is 11.3 Å². The SMILES string of the molecule is NC(=O)[C@@]1(N)C[C@H]2C[C@@H]1n1c3ccccc3c3c4c(c5c6ccccc6n2c5c31)C(=O)NC4. The number of carbonyl (C=O) groups excluding carboxylic acids is 2. The molecule has 1 saturated carbocycles. The number of nitrogens with one attached hydrogen (secondary N) is 1. The predicted octanol–water partition coefficient (Wildman–Crippen LogP) is 3.22. The second kappa shape index (κ2) is 5.38. The van der Waals surface area contributed by atoms with Crippen molar-refractivity contribution in [2.45, 2.75) is 37.0 Å². The summed E-state index contributed by atoms with van der Waals surface area (Å²) in [6.45, 7) is 0.492. The summed E-state index contributed by atoms with van der Waals surface area (Å²) in [4.78, 5) is 25.9. The Labute approximate surface area is 187 Å². The Hall–Kier alpha value is -3.84. The van der Waals surface area contributed by atoms with Gasteiger partial charge in [-0.25, -0.2) is 0 Å². The van der Waals surface area contributed by atoms with E-state index < -0.39 is 11.4 Å². The highest BCUT2D eigenvalue weighted by Gasteiger charge is 2.53. The Morgan fingerprint density at radius 2 is 1.61 bits per heavy atom. The van der Waals surface area contributed by atoms with E-state index in [-0.39, 0.29) is 18.0 Å². The van der Waals surface area contributed by atoms with Crippen LogP contribution in [0.3, 0.4) is 0 Å². The number of rotatable bonds is 1. The van der Waals surface area contributed by atoms with Gasteiger partial charge in [0.05, 0.1) is 22.6 Å². The zero-order valence-electron chi connectivity index (χ0n) is 17.8. The third kappa shape index (κ3) is 1.78. The number of aromatic nitrogens is 2. The number of nitrogens with two attached hydrogens (primary N) is 2. The number of carbonyl (C=O) groups is 2. The molecule has 7 heteroatoms. The van der Waals surface area contributed by atoms with Crippen molar-refractivity contribution in [2.24, 2.45) is 11.5 Å². The molecule has 5 aromatic rings. The number of benzene rings is 3. The van der Waals surface area contributed by atoms with Crippen molar-refractivity contribution in [2.75, 3.05) is 0 Å².